The molecule has 3 N–H and O–H groups in total. The third-order valence-corrected chi connectivity index (χ3v) is 3.95. The maximum absolute atomic E-state index is 10.6. The van der Waals surface area contributed by atoms with Gasteiger partial charge in [0, 0.05) is 48.9 Å². The number of pyridine rings is 1. The van der Waals surface area contributed by atoms with Crippen LogP contribution in [0.25, 0.3) is 5.57 Å². The number of aliphatic hydroxyl groups is 2. The lowest BCUT2D eigenvalue weighted by Gasteiger charge is -2.37. The second-order valence-electron chi connectivity index (χ2n) is 5.51. The number of β-amino-alcohol motifs (C(OH)–C–C–N with tert-alkyl or cyclic N) is 1. The van der Waals surface area contributed by atoms with Crippen LogP contribution in [0.4, 0.5) is 11.6 Å². The Balaban J connectivity index is 1.55. The van der Waals surface area contributed by atoms with E-state index in [1.54, 1.807) is 29.7 Å². The average molecular weight is 312 g/mol. The van der Waals surface area contributed by atoms with Crippen molar-refractivity contribution in [1.29, 1.82) is 0 Å². The predicted octanol–water partition coefficient (Wildman–Crippen LogP) is -0.263. The second kappa shape index (κ2) is 5.49. The van der Waals surface area contributed by atoms with Gasteiger partial charge in [-0.05, 0) is 6.07 Å². The molecule has 1 fully saturated rings. The molecule has 8 nitrogen and oxygen atoms in total. The van der Waals surface area contributed by atoms with Crippen LogP contribution in [0.5, 0.6) is 0 Å². The maximum Gasteiger partial charge on any atom is 0.175 e. The van der Waals surface area contributed by atoms with E-state index in [1.807, 2.05) is 17.0 Å². The van der Waals surface area contributed by atoms with E-state index >= 15 is 0 Å². The number of aliphatic hydroxyl groups excluding tert-OH is 2. The first-order valence-corrected chi connectivity index (χ1v) is 7.31. The van der Waals surface area contributed by atoms with Crippen molar-refractivity contribution in [1.82, 2.24) is 20.4 Å². The Morgan fingerprint density at radius 3 is 2.74 bits per heavy atom. The number of aromatic nitrogens is 3. The lowest BCUT2D eigenvalue weighted by Crippen LogP contribution is -2.51. The molecule has 0 bridgehead atoms. The van der Waals surface area contributed by atoms with Crippen LogP contribution in [0.2, 0.25) is 0 Å². The van der Waals surface area contributed by atoms with E-state index in [2.05, 4.69) is 20.4 Å². The molecule has 2 aromatic rings. The minimum atomic E-state index is -0.871. The van der Waals surface area contributed by atoms with E-state index < -0.39 is 6.23 Å². The van der Waals surface area contributed by atoms with Crippen LogP contribution in [0.15, 0.2) is 43.1 Å². The molecule has 0 spiro atoms. The topological polar surface area (TPSA) is 97.6 Å². The Bertz CT molecular complexity index is 732. The molecule has 4 rings (SSSR count). The van der Waals surface area contributed by atoms with Gasteiger partial charge in [0.2, 0.25) is 0 Å². The van der Waals surface area contributed by atoms with Gasteiger partial charge in [-0.1, -0.05) is 6.07 Å². The summed E-state index contributed by atoms with van der Waals surface area (Å²) in [6.07, 6.45) is 5.40. The normalized spacial score (nSPS) is 21.0. The van der Waals surface area contributed by atoms with Crippen LogP contribution in [0, 0.1) is 0 Å². The molecule has 2 aliphatic heterocycles. The summed E-state index contributed by atoms with van der Waals surface area (Å²) in [7, 11) is 0. The van der Waals surface area contributed by atoms with Crippen LogP contribution in [-0.2, 0) is 0 Å². The van der Waals surface area contributed by atoms with E-state index in [9.17, 15) is 10.2 Å². The molecule has 0 saturated carbocycles. The van der Waals surface area contributed by atoms with E-state index in [4.69, 9.17) is 0 Å². The quantitative estimate of drug-likeness (QED) is 0.713. The maximum atomic E-state index is 10.6. The van der Waals surface area contributed by atoms with Crippen LogP contribution in [0.1, 0.15) is 5.56 Å². The summed E-state index contributed by atoms with van der Waals surface area (Å²) >= 11 is 0. The highest BCUT2D eigenvalue weighted by Crippen LogP contribution is 2.28. The Kier molecular flexibility index (Phi) is 3.32. The molecule has 0 aliphatic carbocycles. The lowest BCUT2D eigenvalue weighted by atomic mass is 10.1. The van der Waals surface area contributed by atoms with Crippen molar-refractivity contribution < 1.29 is 10.2 Å². The van der Waals surface area contributed by atoms with E-state index in [0.717, 1.165) is 17.0 Å². The summed E-state index contributed by atoms with van der Waals surface area (Å²) < 4.78 is 0. The monoisotopic (exact) mass is 312 g/mol. The largest absolute Gasteiger partial charge is 0.389 e. The molecule has 1 unspecified atom stereocenters. The van der Waals surface area contributed by atoms with Crippen LogP contribution in [-0.4, -0.2) is 50.6 Å². The van der Waals surface area contributed by atoms with Crippen molar-refractivity contribution in [3.05, 3.63) is 48.7 Å². The third-order valence-electron chi connectivity index (χ3n) is 3.95. The number of hydrazine groups is 1. The third kappa shape index (κ3) is 2.47. The first kappa shape index (κ1) is 13.9. The van der Waals surface area contributed by atoms with Gasteiger partial charge >= 0.3 is 0 Å². The molecule has 4 heterocycles. The summed E-state index contributed by atoms with van der Waals surface area (Å²) in [6, 6.07) is 5.49. The molecule has 0 aromatic carbocycles. The summed E-state index contributed by atoms with van der Waals surface area (Å²) in [4.78, 5) is 14.4. The standard InChI is InChI=1S/C15H16N6O2/c22-11-7-20(8-11)13-4-14(18-9-17-13)21-15(23)12(6-19-21)10-2-1-3-16-5-10/h1-6,9,11,15,19,22-23H,7-8H2. The number of rotatable bonds is 3. The minimum Gasteiger partial charge on any atom is -0.389 e. The average Bonchev–Trinajstić information content (AvgIpc) is 2.94. The van der Waals surface area contributed by atoms with Crippen LogP contribution in [0.3, 0.4) is 0 Å². The first-order valence-electron chi connectivity index (χ1n) is 7.31. The van der Waals surface area contributed by atoms with Gasteiger partial charge in [0.25, 0.3) is 0 Å². The van der Waals surface area contributed by atoms with Crippen molar-refractivity contribution in [2.24, 2.45) is 0 Å². The fourth-order valence-electron chi connectivity index (χ4n) is 2.66. The molecule has 23 heavy (non-hydrogen) atoms. The molecule has 2 aromatic heterocycles. The number of hydrogen-bond acceptors (Lipinski definition) is 8. The molecule has 2 aliphatic rings. The Labute approximate surface area is 132 Å². The van der Waals surface area contributed by atoms with Crippen molar-refractivity contribution in [3.8, 4) is 0 Å². The van der Waals surface area contributed by atoms with Crippen molar-refractivity contribution >= 4 is 17.2 Å². The highest BCUT2D eigenvalue weighted by Gasteiger charge is 2.30. The SMILES string of the molecule is OC1CN(c2cc(N3NC=C(c4cccnc4)C3O)ncn2)C1. The fourth-order valence-corrected chi connectivity index (χ4v) is 2.66. The molecule has 1 atom stereocenters. The number of nitrogens with zero attached hydrogens (tertiary/aromatic N) is 5. The van der Waals surface area contributed by atoms with Gasteiger partial charge in [0.1, 0.15) is 12.1 Å². The Hall–Kier alpha value is -2.71. The van der Waals surface area contributed by atoms with Crippen molar-refractivity contribution in [2.75, 3.05) is 23.0 Å². The van der Waals surface area contributed by atoms with Gasteiger partial charge in [-0.25, -0.2) is 15.0 Å². The summed E-state index contributed by atoms with van der Waals surface area (Å²) in [5, 5.41) is 21.5. The molecular weight excluding hydrogens is 296 g/mol. The second-order valence-corrected chi connectivity index (χ2v) is 5.51. The Morgan fingerprint density at radius 2 is 2.00 bits per heavy atom. The molecular formula is C15H16N6O2. The van der Waals surface area contributed by atoms with Crippen LogP contribution < -0.4 is 15.3 Å². The highest BCUT2D eigenvalue weighted by atomic mass is 16.3. The van der Waals surface area contributed by atoms with Gasteiger partial charge in [-0.3, -0.25) is 4.98 Å². The minimum absolute atomic E-state index is 0.303. The zero-order valence-corrected chi connectivity index (χ0v) is 12.2. The Morgan fingerprint density at radius 1 is 1.17 bits per heavy atom. The smallest absolute Gasteiger partial charge is 0.175 e. The lowest BCUT2D eigenvalue weighted by molar-refractivity contribution is 0.141. The van der Waals surface area contributed by atoms with Gasteiger partial charge in [-0.15, -0.1) is 0 Å². The number of nitrogens with one attached hydrogen (secondary N) is 1. The zero-order chi connectivity index (χ0) is 15.8. The predicted molar refractivity (Wildman–Crippen MR) is 84.1 cm³/mol. The number of hydrogen-bond donors (Lipinski definition) is 3. The summed E-state index contributed by atoms with van der Waals surface area (Å²) in [5.41, 5.74) is 4.58. The van der Waals surface area contributed by atoms with Crippen molar-refractivity contribution in [2.45, 2.75) is 12.3 Å². The van der Waals surface area contributed by atoms with Gasteiger partial charge in [0.15, 0.2) is 12.0 Å². The molecule has 0 amide bonds. The van der Waals surface area contributed by atoms with E-state index in [0.29, 0.717) is 18.9 Å². The van der Waals surface area contributed by atoms with E-state index in [1.165, 1.54) is 6.33 Å². The summed E-state index contributed by atoms with van der Waals surface area (Å²) in [6.45, 7) is 1.12. The molecule has 0 radical (unpaired) electrons. The molecule has 118 valence electrons. The molecule has 8 heteroatoms. The fraction of sp³-hybridized carbons (Fsp3) is 0.267. The highest BCUT2D eigenvalue weighted by molar-refractivity contribution is 5.73. The molecule has 1 saturated heterocycles. The van der Waals surface area contributed by atoms with Gasteiger partial charge < -0.3 is 20.5 Å². The first-order chi connectivity index (χ1) is 11.2. The van der Waals surface area contributed by atoms with Gasteiger partial charge in [-0.2, -0.15) is 0 Å². The van der Waals surface area contributed by atoms with Crippen LogP contribution >= 0.6 is 0 Å². The van der Waals surface area contributed by atoms with Crippen molar-refractivity contribution in [3.63, 3.8) is 0 Å². The zero-order valence-electron chi connectivity index (χ0n) is 12.2. The summed E-state index contributed by atoms with van der Waals surface area (Å²) in [5.74, 6) is 1.28. The van der Waals surface area contributed by atoms with E-state index in [-0.39, 0.29) is 6.10 Å². The number of anilines is 2. The van der Waals surface area contributed by atoms with Gasteiger partial charge in [0.05, 0.1) is 6.10 Å².